The van der Waals surface area contributed by atoms with Crippen LogP contribution in [0.5, 0.6) is 5.75 Å². The van der Waals surface area contributed by atoms with Gasteiger partial charge in [0.25, 0.3) is 0 Å². The van der Waals surface area contributed by atoms with E-state index in [0.717, 1.165) is 24.9 Å². The first-order chi connectivity index (χ1) is 8.74. The summed E-state index contributed by atoms with van der Waals surface area (Å²) in [6.45, 7) is 0.806. The van der Waals surface area contributed by atoms with Crippen LogP contribution >= 0.6 is 0 Å². The van der Waals surface area contributed by atoms with Gasteiger partial charge in [-0.2, -0.15) is 5.10 Å². The molecule has 1 aromatic carbocycles. The summed E-state index contributed by atoms with van der Waals surface area (Å²) in [5.41, 5.74) is 0.801. The predicted molar refractivity (Wildman–Crippen MR) is 65.1 cm³/mol. The zero-order valence-corrected chi connectivity index (χ0v) is 9.95. The van der Waals surface area contributed by atoms with E-state index < -0.39 is 6.10 Å². The van der Waals surface area contributed by atoms with Crippen LogP contribution in [0.1, 0.15) is 36.2 Å². The molecule has 1 aliphatic heterocycles. The van der Waals surface area contributed by atoms with E-state index >= 15 is 0 Å². The van der Waals surface area contributed by atoms with Gasteiger partial charge in [-0.25, -0.2) is 9.67 Å². The van der Waals surface area contributed by atoms with Gasteiger partial charge in [-0.15, -0.1) is 0 Å². The molecular weight excluding hydrogens is 230 g/mol. The third-order valence-corrected chi connectivity index (χ3v) is 3.23. The van der Waals surface area contributed by atoms with Crippen LogP contribution in [-0.2, 0) is 13.0 Å². The van der Waals surface area contributed by atoms with Crippen molar-refractivity contribution >= 4 is 0 Å². The Labute approximate surface area is 105 Å². The minimum Gasteiger partial charge on any atom is -0.508 e. The second kappa shape index (κ2) is 4.42. The fraction of sp³-hybridized carbons (Fsp3) is 0.385. The lowest BCUT2D eigenvalue weighted by Crippen LogP contribution is -2.16. The highest BCUT2D eigenvalue weighted by Crippen LogP contribution is 2.24. The number of hydrogen-bond acceptors (Lipinski definition) is 4. The predicted octanol–water partition coefficient (Wildman–Crippen LogP) is 1.40. The van der Waals surface area contributed by atoms with Crippen LogP contribution in [-0.4, -0.2) is 25.0 Å². The molecule has 0 bridgehead atoms. The van der Waals surface area contributed by atoms with Gasteiger partial charge in [0.15, 0.2) is 11.6 Å². The summed E-state index contributed by atoms with van der Waals surface area (Å²) in [5, 5.41) is 23.9. The van der Waals surface area contributed by atoms with Crippen LogP contribution < -0.4 is 0 Å². The maximum atomic E-state index is 9.82. The van der Waals surface area contributed by atoms with E-state index in [9.17, 15) is 10.2 Å². The van der Waals surface area contributed by atoms with Gasteiger partial charge in [0.1, 0.15) is 11.9 Å². The van der Waals surface area contributed by atoms with Crippen molar-refractivity contribution < 1.29 is 10.2 Å². The number of aromatic nitrogens is 3. The Kier molecular flexibility index (Phi) is 2.76. The van der Waals surface area contributed by atoms with Crippen LogP contribution in [0.4, 0.5) is 0 Å². The molecule has 1 unspecified atom stereocenters. The first-order valence-electron chi connectivity index (χ1n) is 6.12. The SMILES string of the molecule is Oc1ccccc1Cc1nc2n(n1)CCCC2O. The Morgan fingerprint density at radius 2 is 2.17 bits per heavy atom. The van der Waals surface area contributed by atoms with E-state index in [1.165, 1.54) is 0 Å². The Morgan fingerprint density at radius 3 is 2.94 bits per heavy atom. The Morgan fingerprint density at radius 1 is 1.33 bits per heavy atom. The van der Waals surface area contributed by atoms with Crippen molar-refractivity contribution in [1.82, 2.24) is 14.8 Å². The molecule has 1 atom stereocenters. The fourth-order valence-electron chi connectivity index (χ4n) is 2.28. The molecule has 0 saturated carbocycles. The standard InChI is InChI=1S/C13H15N3O2/c17-10-5-2-1-4-9(10)8-12-14-13-11(18)6-3-7-16(13)15-12/h1-2,4-5,11,17-18H,3,6-8H2. The first kappa shape index (κ1) is 11.2. The fourth-order valence-corrected chi connectivity index (χ4v) is 2.28. The number of phenols is 1. The topological polar surface area (TPSA) is 71.2 Å². The molecule has 3 rings (SSSR count). The average Bonchev–Trinajstić information content (AvgIpc) is 2.76. The second-order valence-electron chi connectivity index (χ2n) is 4.57. The minimum absolute atomic E-state index is 0.255. The first-order valence-corrected chi connectivity index (χ1v) is 6.12. The summed E-state index contributed by atoms with van der Waals surface area (Å²) in [6, 6.07) is 7.17. The highest BCUT2D eigenvalue weighted by Gasteiger charge is 2.22. The average molecular weight is 245 g/mol. The zero-order valence-electron chi connectivity index (χ0n) is 9.95. The molecule has 94 valence electrons. The third kappa shape index (κ3) is 1.97. The van der Waals surface area contributed by atoms with Gasteiger partial charge in [-0.05, 0) is 18.9 Å². The van der Waals surface area contributed by atoms with Gasteiger partial charge < -0.3 is 10.2 Å². The van der Waals surface area contributed by atoms with Crippen LogP contribution in [0.15, 0.2) is 24.3 Å². The molecule has 0 radical (unpaired) electrons. The third-order valence-electron chi connectivity index (χ3n) is 3.23. The molecule has 0 aliphatic carbocycles. The molecule has 0 saturated heterocycles. The molecule has 0 spiro atoms. The summed E-state index contributed by atoms with van der Waals surface area (Å²) in [5.74, 6) is 1.55. The highest BCUT2D eigenvalue weighted by molar-refractivity contribution is 5.33. The van der Waals surface area contributed by atoms with Crippen LogP contribution in [0, 0.1) is 0 Å². The molecule has 1 aromatic heterocycles. The van der Waals surface area contributed by atoms with E-state index in [-0.39, 0.29) is 5.75 Å². The van der Waals surface area contributed by atoms with Crippen molar-refractivity contribution in [1.29, 1.82) is 0 Å². The maximum Gasteiger partial charge on any atom is 0.156 e. The molecule has 2 heterocycles. The Balaban J connectivity index is 1.88. The summed E-state index contributed by atoms with van der Waals surface area (Å²) in [7, 11) is 0. The van der Waals surface area contributed by atoms with E-state index in [1.807, 2.05) is 12.1 Å². The molecule has 5 heteroatoms. The van der Waals surface area contributed by atoms with Crippen molar-refractivity contribution in [3.05, 3.63) is 41.5 Å². The quantitative estimate of drug-likeness (QED) is 0.839. The van der Waals surface area contributed by atoms with E-state index in [0.29, 0.717) is 18.1 Å². The van der Waals surface area contributed by atoms with Crippen LogP contribution in [0.2, 0.25) is 0 Å². The largest absolute Gasteiger partial charge is 0.508 e. The van der Waals surface area contributed by atoms with Gasteiger partial charge in [-0.1, -0.05) is 18.2 Å². The van der Waals surface area contributed by atoms with Gasteiger partial charge in [0, 0.05) is 18.5 Å². The van der Waals surface area contributed by atoms with E-state index in [4.69, 9.17) is 0 Å². The number of aryl methyl sites for hydroxylation is 1. The molecule has 1 aliphatic rings. The Bertz CT molecular complexity index is 565. The minimum atomic E-state index is -0.510. The lowest BCUT2D eigenvalue weighted by Gasteiger charge is -2.16. The lowest BCUT2D eigenvalue weighted by atomic mass is 10.1. The monoisotopic (exact) mass is 245 g/mol. The van der Waals surface area contributed by atoms with Crippen LogP contribution in [0.3, 0.4) is 0 Å². The number of nitrogens with zero attached hydrogens (tertiary/aromatic N) is 3. The summed E-state index contributed by atoms with van der Waals surface area (Å²) < 4.78 is 1.77. The molecule has 0 amide bonds. The molecule has 18 heavy (non-hydrogen) atoms. The number of fused-ring (bicyclic) bond motifs is 1. The summed E-state index contributed by atoms with van der Waals surface area (Å²) in [4.78, 5) is 4.36. The number of aliphatic hydroxyl groups is 1. The number of benzene rings is 1. The van der Waals surface area contributed by atoms with Gasteiger partial charge in [0.2, 0.25) is 0 Å². The number of aliphatic hydroxyl groups excluding tert-OH is 1. The van der Waals surface area contributed by atoms with Crippen molar-refractivity contribution in [3.8, 4) is 5.75 Å². The number of rotatable bonds is 2. The van der Waals surface area contributed by atoms with Crippen molar-refractivity contribution in [2.24, 2.45) is 0 Å². The van der Waals surface area contributed by atoms with Crippen molar-refractivity contribution in [3.63, 3.8) is 0 Å². The van der Waals surface area contributed by atoms with Gasteiger partial charge in [0.05, 0.1) is 0 Å². The molecule has 2 N–H and O–H groups in total. The zero-order chi connectivity index (χ0) is 12.5. The summed E-state index contributed by atoms with van der Waals surface area (Å²) in [6.07, 6.45) is 1.64. The highest BCUT2D eigenvalue weighted by atomic mass is 16.3. The van der Waals surface area contributed by atoms with E-state index in [2.05, 4.69) is 10.1 Å². The number of para-hydroxylation sites is 1. The number of aromatic hydroxyl groups is 1. The van der Waals surface area contributed by atoms with Gasteiger partial charge in [-0.3, -0.25) is 0 Å². The van der Waals surface area contributed by atoms with Crippen LogP contribution in [0.25, 0.3) is 0 Å². The molecule has 2 aromatic rings. The smallest absolute Gasteiger partial charge is 0.156 e. The maximum absolute atomic E-state index is 9.82. The lowest BCUT2D eigenvalue weighted by molar-refractivity contribution is 0.130. The Hall–Kier alpha value is -1.88. The van der Waals surface area contributed by atoms with Gasteiger partial charge >= 0.3 is 0 Å². The van der Waals surface area contributed by atoms with Crippen molar-refractivity contribution in [2.45, 2.75) is 31.9 Å². The second-order valence-corrected chi connectivity index (χ2v) is 4.57. The van der Waals surface area contributed by atoms with E-state index in [1.54, 1.807) is 16.8 Å². The normalized spacial score (nSPS) is 18.6. The number of hydrogen-bond donors (Lipinski definition) is 2. The summed E-state index contributed by atoms with van der Waals surface area (Å²) >= 11 is 0. The molecule has 5 nitrogen and oxygen atoms in total. The molecule has 0 fully saturated rings. The molecular formula is C13H15N3O2. The van der Waals surface area contributed by atoms with Crippen molar-refractivity contribution in [2.75, 3.05) is 0 Å². The number of phenolic OH excluding ortho intramolecular Hbond substituents is 1.